The predicted molar refractivity (Wildman–Crippen MR) is 90.9 cm³/mol. The molecule has 1 amide bonds. The second-order valence-electron chi connectivity index (χ2n) is 5.38. The maximum Gasteiger partial charge on any atom is 0.248 e. The average molecular weight is 303 g/mol. The number of carbonyl (C=O) groups is 1. The minimum absolute atomic E-state index is 0.391. The van der Waals surface area contributed by atoms with Crippen LogP contribution in [0.25, 0.3) is 11.1 Å². The molecule has 0 heterocycles. The first-order valence-electron chi connectivity index (χ1n) is 7.38. The van der Waals surface area contributed by atoms with Crippen molar-refractivity contribution in [2.24, 2.45) is 5.73 Å². The van der Waals surface area contributed by atoms with Gasteiger partial charge in [0.2, 0.25) is 5.91 Å². The lowest BCUT2D eigenvalue weighted by molar-refractivity contribution is 0.1000. The Labute approximate surface area is 135 Å². The molecule has 23 heavy (non-hydrogen) atoms. The summed E-state index contributed by atoms with van der Waals surface area (Å²) in [5, 5.41) is 10.5. The van der Waals surface area contributed by atoms with Gasteiger partial charge in [-0.05, 0) is 34.4 Å². The molecule has 0 aliphatic heterocycles. The Morgan fingerprint density at radius 1 is 0.783 bits per heavy atom. The second-order valence-corrected chi connectivity index (χ2v) is 5.38. The number of primary amides is 1. The summed E-state index contributed by atoms with van der Waals surface area (Å²) in [6, 6.07) is 24.6. The van der Waals surface area contributed by atoms with Crippen molar-refractivity contribution in [3.05, 3.63) is 95.6 Å². The van der Waals surface area contributed by atoms with E-state index in [1.807, 2.05) is 54.6 Å². The second kappa shape index (κ2) is 6.46. The third kappa shape index (κ3) is 3.30. The van der Waals surface area contributed by atoms with Gasteiger partial charge in [-0.1, -0.05) is 66.7 Å². The van der Waals surface area contributed by atoms with Crippen LogP contribution in [-0.2, 0) is 0 Å². The van der Waals surface area contributed by atoms with Gasteiger partial charge in [0.1, 0.15) is 6.10 Å². The molecule has 3 rings (SSSR count). The Hall–Kier alpha value is -2.91. The van der Waals surface area contributed by atoms with Gasteiger partial charge in [-0.15, -0.1) is 0 Å². The number of hydrogen-bond donors (Lipinski definition) is 2. The smallest absolute Gasteiger partial charge is 0.248 e. The lowest BCUT2D eigenvalue weighted by atomic mass is 9.97. The molecule has 0 radical (unpaired) electrons. The van der Waals surface area contributed by atoms with Crippen molar-refractivity contribution in [2.45, 2.75) is 6.10 Å². The summed E-state index contributed by atoms with van der Waals surface area (Å²) in [4.78, 5) is 11.3. The molecule has 0 aliphatic rings. The van der Waals surface area contributed by atoms with Crippen molar-refractivity contribution in [3.63, 3.8) is 0 Å². The Kier molecular flexibility index (Phi) is 4.22. The number of rotatable bonds is 4. The summed E-state index contributed by atoms with van der Waals surface area (Å²) in [5.74, 6) is -0.501. The van der Waals surface area contributed by atoms with Gasteiger partial charge >= 0.3 is 0 Å². The third-order valence-corrected chi connectivity index (χ3v) is 3.82. The lowest BCUT2D eigenvalue weighted by Gasteiger charge is -2.13. The topological polar surface area (TPSA) is 63.3 Å². The Bertz CT molecular complexity index is 811. The molecule has 114 valence electrons. The van der Waals surface area contributed by atoms with Crippen molar-refractivity contribution in [2.75, 3.05) is 0 Å². The van der Waals surface area contributed by atoms with E-state index in [-0.39, 0.29) is 0 Å². The van der Waals surface area contributed by atoms with Crippen molar-refractivity contribution in [1.82, 2.24) is 0 Å². The van der Waals surface area contributed by atoms with Crippen LogP contribution in [0.1, 0.15) is 27.6 Å². The minimum Gasteiger partial charge on any atom is -0.384 e. The first-order chi connectivity index (χ1) is 11.1. The molecule has 3 heteroatoms. The molecular weight excluding hydrogens is 286 g/mol. The monoisotopic (exact) mass is 303 g/mol. The van der Waals surface area contributed by atoms with Crippen LogP contribution in [0.5, 0.6) is 0 Å². The largest absolute Gasteiger partial charge is 0.384 e. The fourth-order valence-corrected chi connectivity index (χ4v) is 2.54. The molecule has 3 nitrogen and oxygen atoms in total. The van der Waals surface area contributed by atoms with E-state index in [2.05, 4.69) is 0 Å². The van der Waals surface area contributed by atoms with Crippen LogP contribution in [-0.4, -0.2) is 11.0 Å². The van der Waals surface area contributed by atoms with Crippen LogP contribution in [0.3, 0.4) is 0 Å². The molecule has 3 N–H and O–H groups in total. The van der Waals surface area contributed by atoms with E-state index < -0.39 is 12.0 Å². The highest BCUT2D eigenvalue weighted by Crippen LogP contribution is 2.26. The van der Waals surface area contributed by atoms with E-state index in [0.717, 1.165) is 16.7 Å². The number of carbonyl (C=O) groups excluding carboxylic acids is 1. The standard InChI is InChI=1S/C20H17NO2/c21-20(23)18-8-4-7-17(13-18)19(22)16-11-9-15(10-12-16)14-5-2-1-3-6-14/h1-13,19,22H,(H2,21,23). The van der Waals surface area contributed by atoms with Crippen LogP contribution in [0.4, 0.5) is 0 Å². The maximum atomic E-state index is 11.3. The molecule has 0 saturated carbocycles. The lowest BCUT2D eigenvalue weighted by Crippen LogP contribution is -2.11. The molecule has 0 spiro atoms. The van der Waals surface area contributed by atoms with Crippen LogP contribution in [0.2, 0.25) is 0 Å². The van der Waals surface area contributed by atoms with Gasteiger partial charge in [0, 0.05) is 5.56 Å². The third-order valence-electron chi connectivity index (χ3n) is 3.82. The Morgan fingerprint density at radius 3 is 2.09 bits per heavy atom. The van der Waals surface area contributed by atoms with E-state index in [9.17, 15) is 9.90 Å². The SMILES string of the molecule is NC(=O)c1cccc(C(O)c2ccc(-c3ccccc3)cc2)c1. The molecule has 0 aromatic heterocycles. The fourth-order valence-electron chi connectivity index (χ4n) is 2.54. The summed E-state index contributed by atoms with van der Waals surface area (Å²) in [7, 11) is 0. The van der Waals surface area contributed by atoms with Gasteiger partial charge in [0.25, 0.3) is 0 Å². The van der Waals surface area contributed by atoms with Crippen molar-refractivity contribution in [3.8, 4) is 11.1 Å². The minimum atomic E-state index is -0.792. The maximum absolute atomic E-state index is 11.3. The Balaban J connectivity index is 1.87. The van der Waals surface area contributed by atoms with E-state index in [0.29, 0.717) is 11.1 Å². The predicted octanol–water partition coefficient (Wildman–Crippen LogP) is 3.53. The Morgan fingerprint density at radius 2 is 1.43 bits per heavy atom. The zero-order valence-corrected chi connectivity index (χ0v) is 12.5. The summed E-state index contributed by atoms with van der Waals surface area (Å²) < 4.78 is 0. The van der Waals surface area contributed by atoms with Crippen molar-refractivity contribution in [1.29, 1.82) is 0 Å². The summed E-state index contributed by atoms with van der Waals surface area (Å²) in [6.07, 6.45) is -0.792. The van der Waals surface area contributed by atoms with Gasteiger partial charge in [-0.3, -0.25) is 4.79 Å². The highest BCUT2D eigenvalue weighted by molar-refractivity contribution is 5.92. The highest BCUT2D eigenvalue weighted by Gasteiger charge is 2.12. The molecule has 1 unspecified atom stereocenters. The molecule has 0 saturated heterocycles. The molecule has 1 atom stereocenters. The number of amides is 1. The van der Waals surface area contributed by atoms with E-state index >= 15 is 0 Å². The van der Waals surface area contributed by atoms with Crippen LogP contribution in [0, 0.1) is 0 Å². The van der Waals surface area contributed by atoms with Crippen LogP contribution < -0.4 is 5.73 Å². The van der Waals surface area contributed by atoms with E-state index in [1.54, 1.807) is 24.3 Å². The number of benzene rings is 3. The zero-order chi connectivity index (χ0) is 16.2. The highest BCUT2D eigenvalue weighted by atomic mass is 16.3. The first kappa shape index (κ1) is 15.0. The molecule has 0 bridgehead atoms. The van der Waals surface area contributed by atoms with Gasteiger partial charge < -0.3 is 10.8 Å². The summed E-state index contributed by atoms with van der Waals surface area (Å²) in [6.45, 7) is 0. The molecule has 3 aromatic carbocycles. The van der Waals surface area contributed by atoms with Gasteiger partial charge in [-0.25, -0.2) is 0 Å². The first-order valence-corrected chi connectivity index (χ1v) is 7.38. The molecule has 3 aromatic rings. The quantitative estimate of drug-likeness (QED) is 0.774. The normalized spacial score (nSPS) is 11.9. The van der Waals surface area contributed by atoms with Gasteiger partial charge in [0.15, 0.2) is 0 Å². The van der Waals surface area contributed by atoms with E-state index in [4.69, 9.17) is 5.73 Å². The fraction of sp³-hybridized carbons (Fsp3) is 0.0500. The number of aliphatic hydroxyl groups excluding tert-OH is 1. The summed E-state index contributed by atoms with van der Waals surface area (Å²) >= 11 is 0. The van der Waals surface area contributed by atoms with Crippen molar-refractivity contribution < 1.29 is 9.90 Å². The molecule has 0 fully saturated rings. The number of hydrogen-bond acceptors (Lipinski definition) is 2. The van der Waals surface area contributed by atoms with Crippen molar-refractivity contribution >= 4 is 5.91 Å². The molecule has 0 aliphatic carbocycles. The zero-order valence-electron chi connectivity index (χ0n) is 12.5. The van der Waals surface area contributed by atoms with Gasteiger partial charge in [-0.2, -0.15) is 0 Å². The molecular formula is C20H17NO2. The van der Waals surface area contributed by atoms with Crippen LogP contribution >= 0.6 is 0 Å². The number of aliphatic hydroxyl groups is 1. The van der Waals surface area contributed by atoms with Gasteiger partial charge in [0.05, 0.1) is 0 Å². The van der Waals surface area contributed by atoms with Crippen LogP contribution in [0.15, 0.2) is 78.9 Å². The summed E-state index contributed by atoms with van der Waals surface area (Å²) in [5.41, 5.74) is 9.31. The average Bonchev–Trinajstić information content (AvgIpc) is 2.62. The van der Waals surface area contributed by atoms with E-state index in [1.165, 1.54) is 0 Å². The number of nitrogens with two attached hydrogens (primary N) is 1.